The molecule has 0 aromatic rings. The summed E-state index contributed by atoms with van der Waals surface area (Å²) >= 11 is 5.64. The number of hydrogen-bond donors (Lipinski definition) is 1. The maximum Gasteiger partial charge on any atom is 0.325 e. The molecule has 19 heavy (non-hydrogen) atoms. The van der Waals surface area contributed by atoms with Gasteiger partial charge in [-0.2, -0.15) is 0 Å². The quantitative estimate of drug-likeness (QED) is 0.491. The molecule has 5 heteroatoms. The largest absolute Gasteiger partial charge is 0.325 e. The normalized spacial score (nSPS) is 23.3. The number of carbonyl (C=O) groups excluding carboxylic acids is 2. The van der Waals surface area contributed by atoms with Gasteiger partial charge < -0.3 is 5.32 Å². The minimum atomic E-state index is -0.599. The standard InChI is InChI=1S/C14H23ClN2O2/c15-10-6-7-11-17-12(18)14(16-13(17)19)8-4-2-1-3-5-9-14/h1-11H2,(H,16,19). The van der Waals surface area contributed by atoms with E-state index in [0.717, 1.165) is 51.4 Å². The van der Waals surface area contributed by atoms with Crippen LogP contribution in [0.3, 0.4) is 0 Å². The van der Waals surface area contributed by atoms with Gasteiger partial charge in [-0.25, -0.2) is 4.79 Å². The van der Waals surface area contributed by atoms with Gasteiger partial charge in [0.25, 0.3) is 5.91 Å². The summed E-state index contributed by atoms with van der Waals surface area (Å²) in [4.78, 5) is 26.0. The number of nitrogens with one attached hydrogen (secondary N) is 1. The van der Waals surface area contributed by atoms with Crippen LogP contribution in [-0.4, -0.2) is 34.8 Å². The van der Waals surface area contributed by atoms with Crippen molar-refractivity contribution in [2.75, 3.05) is 12.4 Å². The van der Waals surface area contributed by atoms with Crippen LogP contribution in [0.1, 0.15) is 57.8 Å². The molecule has 0 radical (unpaired) electrons. The van der Waals surface area contributed by atoms with Gasteiger partial charge in [0.2, 0.25) is 0 Å². The van der Waals surface area contributed by atoms with Crippen molar-refractivity contribution in [1.29, 1.82) is 0 Å². The van der Waals surface area contributed by atoms with Crippen LogP contribution < -0.4 is 5.32 Å². The zero-order chi connectivity index (χ0) is 13.7. The van der Waals surface area contributed by atoms with E-state index in [1.807, 2.05) is 0 Å². The maximum absolute atomic E-state index is 12.6. The molecular weight excluding hydrogens is 264 g/mol. The zero-order valence-electron chi connectivity index (χ0n) is 11.4. The minimum absolute atomic E-state index is 0.00558. The van der Waals surface area contributed by atoms with E-state index in [-0.39, 0.29) is 11.9 Å². The number of nitrogens with zero attached hydrogens (tertiary/aromatic N) is 1. The first-order chi connectivity index (χ1) is 9.19. The average molecular weight is 287 g/mol. The smallest absolute Gasteiger partial charge is 0.323 e. The molecule has 0 bridgehead atoms. The first-order valence-corrected chi connectivity index (χ1v) is 7.93. The molecule has 0 unspecified atom stereocenters. The highest BCUT2D eigenvalue weighted by atomic mass is 35.5. The molecule has 1 aliphatic carbocycles. The van der Waals surface area contributed by atoms with Crippen LogP contribution in [0.2, 0.25) is 0 Å². The molecule has 2 aliphatic rings. The summed E-state index contributed by atoms with van der Waals surface area (Å²) in [5.41, 5.74) is -0.599. The Kier molecular flexibility index (Phi) is 5.08. The number of unbranched alkanes of at least 4 members (excludes halogenated alkanes) is 1. The molecule has 0 aromatic heterocycles. The molecule has 4 nitrogen and oxygen atoms in total. The molecule has 3 amide bonds. The lowest BCUT2D eigenvalue weighted by atomic mass is 9.84. The molecule has 1 saturated heterocycles. The Morgan fingerprint density at radius 2 is 1.68 bits per heavy atom. The van der Waals surface area contributed by atoms with Gasteiger partial charge in [-0.1, -0.05) is 32.1 Å². The lowest BCUT2D eigenvalue weighted by Gasteiger charge is -2.28. The second kappa shape index (κ2) is 6.60. The Morgan fingerprint density at radius 3 is 2.32 bits per heavy atom. The third kappa shape index (κ3) is 3.22. The number of carbonyl (C=O) groups is 2. The number of imide groups is 1. The van der Waals surface area contributed by atoms with E-state index in [1.54, 1.807) is 0 Å². The van der Waals surface area contributed by atoms with E-state index in [2.05, 4.69) is 5.32 Å². The van der Waals surface area contributed by atoms with E-state index in [4.69, 9.17) is 11.6 Å². The van der Waals surface area contributed by atoms with Gasteiger partial charge >= 0.3 is 6.03 Å². The number of urea groups is 1. The van der Waals surface area contributed by atoms with Gasteiger partial charge in [-0.05, 0) is 25.7 Å². The van der Waals surface area contributed by atoms with Crippen LogP contribution in [-0.2, 0) is 4.79 Å². The van der Waals surface area contributed by atoms with Gasteiger partial charge in [0.15, 0.2) is 0 Å². The predicted octanol–water partition coefficient (Wildman–Crippen LogP) is 3.04. The van der Waals surface area contributed by atoms with Crippen molar-refractivity contribution in [3.63, 3.8) is 0 Å². The lowest BCUT2D eigenvalue weighted by molar-refractivity contribution is -0.132. The Hall–Kier alpha value is -0.770. The average Bonchev–Trinajstić information content (AvgIpc) is 2.59. The number of amides is 3. The van der Waals surface area contributed by atoms with Crippen LogP contribution in [0.25, 0.3) is 0 Å². The molecule has 108 valence electrons. The van der Waals surface area contributed by atoms with Crippen LogP contribution in [0.15, 0.2) is 0 Å². The fourth-order valence-electron chi connectivity index (χ4n) is 3.09. The Bertz CT molecular complexity index is 338. The summed E-state index contributed by atoms with van der Waals surface area (Å²) in [5, 5.41) is 2.97. The summed E-state index contributed by atoms with van der Waals surface area (Å²) in [7, 11) is 0. The fraction of sp³-hybridized carbons (Fsp3) is 0.857. The Morgan fingerprint density at radius 1 is 1.05 bits per heavy atom. The SMILES string of the molecule is O=C1NC2(CCCCCCC2)C(=O)N1CCCCCl. The van der Waals surface area contributed by atoms with Gasteiger partial charge in [-0.3, -0.25) is 9.69 Å². The van der Waals surface area contributed by atoms with E-state index < -0.39 is 5.54 Å². The summed E-state index contributed by atoms with van der Waals surface area (Å²) in [6.07, 6.45) is 8.85. The topological polar surface area (TPSA) is 49.4 Å². The van der Waals surface area contributed by atoms with Crippen molar-refractivity contribution in [3.8, 4) is 0 Å². The van der Waals surface area contributed by atoms with E-state index in [0.29, 0.717) is 12.4 Å². The Balaban J connectivity index is 2.02. The first-order valence-electron chi connectivity index (χ1n) is 7.40. The number of alkyl halides is 1. The third-order valence-electron chi connectivity index (χ3n) is 4.22. The highest BCUT2D eigenvalue weighted by Gasteiger charge is 2.49. The molecule has 1 heterocycles. The molecule has 0 aromatic carbocycles. The summed E-state index contributed by atoms with van der Waals surface area (Å²) in [6.45, 7) is 0.499. The van der Waals surface area contributed by atoms with Crippen LogP contribution >= 0.6 is 11.6 Å². The predicted molar refractivity (Wildman–Crippen MR) is 75.2 cm³/mol. The molecule has 1 spiro atoms. The van der Waals surface area contributed by atoms with Crippen molar-refractivity contribution < 1.29 is 9.59 Å². The highest BCUT2D eigenvalue weighted by Crippen LogP contribution is 2.32. The number of hydrogen-bond acceptors (Lipinski definition) is 2. The minimum Gasteiger partial charge on any atom is -0.323 e. The summed E-state index contributed by atoms with van der Waals surface area (Å²) < 4.78 is 0. The first kappa shape index (κ1) is 14.6. The second-order valence-corrected chi connectivity index (χ2v) is 6.01. The number of rotatable bonds is 4. The van der Waals surface area contributed by atoms with Crippen molar-refractivity contribution >= 4 is 23.5 Å². The van der Waals surface area contributed by atoms with E-state index in [1.165, 1.54) is 11.3 Å². The van der Waals surface area contributed by atoms with Crippen molar-refractivity contribution in [2.24, 2.45) is 0 Å². The second-order valence-electron chi connectivity index (χ2n) is 5.63. The number of halogens is 1. The van der Waals surface area contributed by atoms with E-state index >= 15 is 0 Å². The molecule has 1 saturated carbocycles. The molecule has 1 aliphatic heterocycles. The zero-order valence-corrected chi connectivity index (χ0v) is 12.2. The molecule has 2 rings (SSSR count). The van der Waals surface area contributed by atoms with Crippen molar-refractivity contribution in [3.05, 3.63) is 0 Å². The molecule has 0 atom stereocenters. The Labute approximate surface area is 119 Å². The third-order valence-corrected chi connectivity index (χ3v) is 4.49. The van der Waals surface area contributed by atoms with Crippen LogP contribution in [0.5, 0.6) is 0 Å². The maximum atomic E-state index is 12.6. The molecular formula is C14H23ClN2O2. The monoisotopic (exact) mass is 286 g/mol. The van der Waals surface area contributed by atoms with E-state index in [9.17, 15) is 9.59 Å². The summed E-state index contributed by atoms with van der Waals surface area (Å²) in [6, 6.07) is -0.208. The highest BCUT2D eigenvalue weighted by molar-refractivity contribution is 6.17. The van der Waals surface area contributed by atoms with Gasteiger partial charge in [0.05, 0.1) is 0 Å². The van der Waals surface area contributed by atoms with Gasteiger partial charge in [0, 0.05) is 12.4 Å². The van der Waals surface area contributed by atoms with Gasteiger partial charge in [0.1, 0.15) is 5.54 Å². The fourth-order valence-corrected chi connectivity index (χ4v) is 3.28. The van der Waals surface area contributed by atoms with Crippen LogP contribution in [0, 0.1) is 0 Å². The van der Waals surface area contributed by atoms with Crippen LogP contribution in [0.4, 0.5) is 4.79 Å². The summed E-state index contributed by atoms with van der Waals surface area (Å²) in [5.74, 6) is 0.573. The molecule has 1 N–H and O–H groups in total. The van der Waals surface area contributed by atoms with Gasteiger partial charge in [-0.15, -0.1) is 11.6 Å². The molecule has 2 fully saturated rings. The van der Waals surface area contributed by atoms with Crippen molar-refractivity contribution in [1.82, 2.24) is 10.2 Å². The lowest BCUT2D eigenvalue weighted by Crippen LogP contribution is -2.47. The van der Waals surface area contributed by atoms with Crippen molar-refractivity contribution in [2.45, 2.75) is 63.3 Å².